The summed E-state index contributed by atoms with van der Waals surface area (Å²) in [7, 11) is -5.28. The molecule has 2 unspecified atom stereocenters. The summed E-state index contributed by atoms with van der Waals surface area (Å²) in [5, 5.41) is 86.3. The van der Waals surface area contributed by atoms with Crippen molar-refractivity contribution < 1.29 is 95.9 Å². The average Bonchev–Trinajstić information content (AvgIpc) is 3.45. The van der Waals surface area contributed by atoms with E-state index in [9.17, 15) is 53.8 Å². The third kappa shape index (κ3) is 28.3. The number of rotatable bonds is 46. The Kier molecular flexibility index (Phi) is 38.7. The quantitative estimate of drug-likeness (QED) is 0.0172. The summed E-state index contributed by atoms with van der Waals surface area (Å²) < 4.78 is 85.2. The van der Waals surface area contributed by atoms with Crippen molar-refractivity contribution in [3.05, 3.63) is 24.3 Å². The molecule has 3 fully saturated rings. The first kappa shape index (κ1) is 71.0. The Hall–Kier alpha value is -1.29. The van der Waals surface area contributed by atoms with E-state index in [4.69, 9.17) is 37.9 Å². The number of hydrogen-bond donors (Lipinski definition) is 9. The summed E-state index contributed by atoms with van der Waals surface area (Å²) >= 11 is 0. The minimum absolute atomic E-state index is 0.155. The molecular formula is C57H106O20S. The summed E-state index contributed by atoms with van der Waals surface area (Å²) in [5.41, 5.74) is 0. The van der Waals surface area contributed by atoms with Gasteiger partial charge in [0.15, 0.2) is 18.9 Å². The summed E-state index contributed by atoms with van der Waals surface area (Å²) in [4.78, 5) is 0. The monoisotopic (exact) mass is 1140 g/mol. The van der Waals surface area contributed by atoms with Crippen molar-refractivity contribution in [2.75, 3.05) is 39.6 Å². The van der Waals surface area contributed by atoms with E-state index in [1.807, 2.05) is 0 Å². The highest BCUT2D eigenvalue weighted by Crippen LogP contribution is 2.35. The van der Waals surface area contributed by atoms with Gasteiger partial charge in [0.1, 0.15) is 73.2 Å². The van der Waals surface area contributed by atoms with Gasteiger partial charge in [-0.25, -0.2) is 4.18 Å². The number of unbranched alkanes of at least 4 members (excludes halogenated alkanes) is 24. The van der Waals surface area contributed by atoms with Crippen LogP contribution in [0.2, 0.25) is 0 Å². The van der Waals surface area contributed by atoms with Crippen LogP contribution in [0.5, 0.6) is 0 Å². The van der Waals surface area contributed by atoms with Gasteiger partial charge in [-0.2, -0.15) is 8.42 Å². The van der Waals surface area contributed by atoms with Crippen molar-refractivity contribution in [2.45, 2.75) is 299 Å². The fourth-order valence-corrected chi connectivity index (χ4v) is 10.5. The largest absolute Gasteiger partial charge is 0.397 e. The lowest BCUT2D eigenvalue weighted by atomic mass is 9.96. The molecular weight excluding hydrogens is 1040 g/mol. The van der Waals surface area contributed by atoms with E-state index in [-0.39, 0.29) is 13.2 Å². The Morgan fingerprint density at radius 2 is 0.897 bits per heavy atom. The van der Waals surface area contributed by atoms with Crippen LogP contribution in [0.1, 0.15) is 201 Å². The molecule has 3 heterocycles. The van der Waals surface area contributed by atoms with E-state index in [2.05, 4.69) is 42.3 Å². The molecule has 0 spiro atoms. The van der Waals surface area contributed by atoms with Crippen molar-refractivity contribution in [3.8, 4) is 0 Å². The molecule has 3 aliphatic heterocycles. The van der Waals surface area contributed by atoms with E-state index in [1.165, 1.54) is 103 Å². The molecule has 3 aliphatic rings. The zero-order valence-corrected chi connectivity index (χ0v) is 48.3. The van der Waals surface area contributed by atoms with Crippen molar-refractivity contribution >= 4 is 10.4 Å². The Morgan fingerprint density at radius 3 is 1.40 bits per heavy atom. The van der Waals surface area contributed by atoms with Crippen LogP contribution in [0.15, 0.2) is 24.3 Å². The van der Waals surface area contributed by atoms with Gasteiger partial charge >= 0.3 is 10.4 Å². The van der Waals surface area contributed by atoms with Crippen LogP contribution in [0.3, 0.4) is 0 Å². The van der Waals surface area contributed by atoms with Crippen molar-refractivity contribution in [1.29, 1.82) is 0 Å². The van der Waals surface area contributed by atoms with E-state index in [1.54, 1.807) is 0 Å². The first-order valence-electron chi connectivity index (χ1n) is 30.0. The fraction of sp³-hybridized carbons (Fsp3) is 0.930. The molecule has 0 saturated carbocycles. The second-order valence-electron chi connectivity index (χ2n) is 21.6. The maximum atomic E-state index is 12.0. The predicted octanol–water partition coefficient (Wildman–Crippen LogP) is 6.78. The van der Waals surface area contributed by atoms with E-state index in [0.29, 0.717) is 13.2 Å². The van der Waals surface area contributed by atoms with Crippen LogP contribution in [0.4, 0.5) is 0 Å². The lowest BCUT2D eigenvalue weighted by Gasteiger charge is -2.49. The molecule has 0 bridgehead atoms. The van der Waals surface area contributed by atoms with Crippen LogP contribution in [0, 0.1) is 0 Å². The van der Waals surface area contributed by atoms with E-state index >= 15 is 0 Å². The molecule has 0 aromatic carbocycles. The van der Waals surface area contributed by atoms with Gasteiger partial charge in [-0.1, -0.05) is 154 Å². The van der Waals surface area contributed by atoms with Gasteiger partial charge in [0.2, 0.25) is 0 Å². The van der Waals surface area contributed by atoms with Crippen molar-refractivity contribution in [3.63, 3.8) is 0 Å². The molecule has 3 saturated heterocycles. The highest BCUT2D eigenvalue weighted by molar-refractivity contribution is 7.80. The highest BCUT2D eigenvalue weighted by Gasteiger charge is 2.55. The number of aliphatic hydroxyl groups is 8. The zero-order chi connectivity index (χ0) is 57.0. The van der Waals surface area contributed by atoms with E-state index in [0.717, 1.165) is 83.5 Å². The number of hydrogen-bond acceptors (Lipinski definition) is 19. The van der Waals surface area contributed by atoms with Crippen LogP contribution in [0.25, 0.3) is 0 Å². The van der Waals surface area contributed by atoms with Gasteiger partial charge in [-0.15, -0.1) is 0 Å². The lowest BCUT2D eigenvalue weighted by molar-refractivity contribution is -0.386. The maximum Gasteiger partial charge on any atom is 0.397 e. The minimum atomic E-state index is -5.28. The molecule has 78 heavy (non-hydrogen) atoms. The van der Waals surface area contributed by atoms with Crippen molar-refractivity contribution in [1.82, 2.24) is 0 Å². The highest BCUT2D eigenvalue weighted by atomic mass is 32.3. The molecule has 0 aromatic rings. The average molecular weight is 1140 g/mol. The minimum Gasteiger partial charge on any atom is -0.394 e. The van der Waals surface area contributed by atoms with Gasteiger partial charge in [-0.05, 0) is 71.1 Å². The Labute approximate surface area is 467 Å². The van der Waals surface area contributed by atoms with Gasteiger partial charge < -0.3 is 78.7 Å². The van der Waals surface area contributed by atoms with Gasteiger partial charge in [0, 0.05) is 13.2 Å². The van der Waals surface area contributed by atoms with Gasteiger partial charge in [0.05, 0.1) is 32.5 Å². The molecule has 16 atom stereocenters. The van der Waals surface area contributed by atoms with Crippen LogP contribution in [-0.2, 0) is 52.5 Å². The summed E-state index contributed by atoms with van der Waals surface area (Å²) in [6.07, 6.45) is 15.5. The zero-order valence-electron chi connectivity index (χ0n) is 47.5. The normalized spacial score (nSPS) is 30.5. The SMILES string of the molecule is CCCCCCCC/C=C\CCCCCCCCOCC(CO[C@@H]1O[C@H](CO)[C@H](OC2O[C@H](CO)[C@H](O)[C@H](OS(=O)(=O)O)[C@H]2O)[C@H](O[C@@H]2O[C@@H](C)[C@@H](O)[C@@H](O)[C@@H]2O)[C@H]1O)OCCCCCCCC/C=C\CCCCCCCC. The van der Waals surface area contributed by atoms with Crippen LogP contribution in [-0.4, -0.2) is 192 Å². The molecule has 460 valence electrons. The second-order valence-corrected chi connectivity index (χ2v) is 22.6. The van der Waals surface area contributed by atoms with Crippen LogP contribution < -0.4 is 0 Å². The Balaban J connectivity index is 1.61. The first-order valence-corrected chi connectivity index (χ1v) is 31.4. The van der Waals surface area contributed by atoms with Crippen molar-refractivity contribution in [2.24, 2.45) is 0 Å². The molecule has 20 nitrogen and oxygen atoms in total. The molecule has 21 heteroatoms. The molecule has 0 radical (unpaired) electrons. The lowest BCUT2D eigenvalue weighted by Crippen LogP contribution is -2.67. The third-order valence-corrected chi connectivity index (χ3v) is 15.3. The number of aliphatic hydroxyl groups excluding tert-OH is 8. The topological polar surface area (TPSA) is 299 Å². The number of allylic oxidation sites excluding steroid dienone is 4. The number of ether oxygens (including phenoxy) is 8. The molecule has 3 rings (SSSR count). The second kappa shape index (κ2) is 42.5. The predicted molar refractivity (Wildman–Crippen MR) is 293 cm³/mol. The summed E-state index contributed by atoms with van der Waals surface area (Å²) in [6.45, 7) is 5.03. The smallest absolute Gasteiger partial charge is 0.394 e. The molecule has 0 aliphatic carbocycles. The summed E-state index contributed by atoms with van der Waals surface area (Å²) in [6, 6.07) is 0. The maximum absolute atomic E-state index is 12.0. The Morgan fingerprint density at radius 1 is 0.462 bits per heavy atom. The van der Waals surface area contributed by atoms with Crippen LogP contribution >= 0.6 is 0 Å². The molecule has 0 amide bonds. The van der Waals surface area contributed by atoms with E-state index < -0.39 is 122 Å². The van der Waals surface area contributed by atoms with Gasteiger partial charge in [0.25, 0.3) is 0 Å². The summed E-state index contributed by atoms with van der Waals surface area (Å²) in [5.74, 6) is 0. The fourth-order valence-electron chi connectivity index (χ4n) is 9.97. The Bertz CT molecular complexity index is 1630. The standard InChI is InChI=1S/C57H106O20S/c1-4-6-8-10-12-14-16-18-20-22-24-26-28-30-32-34-36-69-40-43(70-37-35-33-31-29-27-25-23-21-19-17-15-13-11-9-7-5-2)41-71-55-51(65)54(76-56-49(63)48(62)46(60)42(3)72-56)52(45(39-59)74-55)75-57-50(64)53(77-78(66,67)68)47(61)44(38-58)73-57/h18-21,42-65H,4-17,22-41H2,1-3H3,(H,66,67,68)/b20-18-,21-19-/t42-,43?,44+,45+,46+,47-,48+,49-,50+,51+,52-,53-,54+,55+,56-,57?/m0/s1. The third-order valence-electron chi connectivity index (χ3n) is 14.8. The molecule has 9 N–H and O–H groups in total. The van der Waals surface area contributed by atoms with Gasteiger partial charge in [-0.3, -0.25) is 4.55 Å². The molecule has 0 aromatic heterocycles. The first-order chi connectivity index (χ1) is 37.7.